The molecule has 0 spiro atoms. The number of alkyl halides is 3. The highest BCUT2D eigenvalue weighted by Gasteiger charge is 2.38. The first kappa shape index (κ1) is 15.1. The molecule has 0 atom stereocenters. The first-order valence-corrected chi connectivity index (χ1v) is 6.66. The van der Waals surface area contributed by atoms with Gasteiger partial charge < -0.3 is 10.5 Å². The van der Waals surface area contributed by atoms with Crippen LogP contribution in [0.5, 0.6) is 5.75 Å². The van der Waals surface area contributed by atoms with Crippen LogP contribution in [0.1, 0.15) is 25.3 Å². The minimum absolute atomic E-state index is 0.0892. The van der Waals surface area contributed by atoms with E-state index >= 15 is 0 Å². The summed E-state index contributed by atoms with van der Waals surface area (Å²) in [6.07, 6.45) is -2.58. The molecule has 0 aromatic heterocycles. The minimum Gasteiger partial charge on any atom is -0.406 e. The SMILES string of the molecule is CCCC1(N)CN(Cc2ccc(OC(F)(F)F)cc2)C1. The van der Waals surface area contributed by atoms with E-state index in [0.717, 1.165) is 31.5 Å². The van der Waals surface area contributed by atoms with Gasteiger partial charge in [0.05, 0.1) is 0 Å². The van der Waals surface area contributed by atoms with Crippen LogP contribution in [-0.2, 0) is 6.54 Å². The van der Waals surface area contributed by atoms with Crippen molar-refractivity contribution in [3.63, 3.8) is 0 Å². The largest absolute Gasteiger partial charge is 0.573 e. The molecule has 20 heavy (non-hydrogen) atoms. The highest BCUT2D eigenvalue weighted by molar-refractivity contribution is 5.27. The third kappa shape index (κ3) is 4.11. The number of hydrogen-bond donors (Lipinski definition) is 1. The predicted octanol–water partition coefficient (Wildman–Crippen LogP) is 2.90. The van der Waals surface area contributed by atoms with Crippen molar-refractivity contribution in [1.29, 1.82) is 0 Å². The van der Waals surface area contributed by atoms with Crippen molar-refractivity contribution < 1.29 is 17.9 Å². The van der Waals surface area contributed by atoms with Crippen molar-refractivity contribution >= 4 is 0 Å². The van der Waals surface area contributed by atoms with E-state index in [1.807, 2.05) is 0 Å². The lowest BCUT2D eigenvalue weighted by molar-refractivity contribution is -0.274. The highest BCUT2D eigenvalue weighted by Crippen LogP contribution is 2.26. The zero-order valence-electron chi connectivity index (χ0n) is 11.4. The predicted molar refractivity (Wildman–Crippen MR) is 70.2 cm³/mol. The van der Waals surface area contributed by atoms with Crippen LogP contribution >= 0.6 is 0 Å². The number of nitrogens with two attached hydrogens (primary N) is 1. The van der Waals surface area contributed by atoms with Gasteiger partial charge >= 0.3 is 6.36 Å². The summed E-state index contributed by atoms with van der Waals surface area (Å²) in [5, 5.41) is 0. The number of halogens is 3. The van der Waals surface area contributed by atoms with E-state index in [9.17, 15) is 13.2 Å². The minimum atomic E-state index is -4.64. The van der Waals surface area contributed by atoms with Gasteiger partial charge in [0.15, 0.2) is 0 Å². The fourth-order valence-corrected chi connectivity index (χ4v) is 2.67. The molecule has 6 heteroatoms. The van der Waals surface area contributed by atoms with E-state index in [1.165, 1.54) is 12.1 Å². The zero-order chi connectivity index (χ0) is 14.8. The molecule has 0 aliphatic carbocycles. The standard InChI is InChI=1S/C14H19F3N2O/c1-2-7-13(18)9-19(10-13)8-11-3-5-12(6-4-11)20-14(15,16)17/h3-6H,2,7-10,18H2,1H3. The summed E-state index contributed by atoms with van der Waals surface area (Å²) in [7, 11) is 0. The van der Waals surface area contributed by atoms with Crippen LogP contribution in [0.25, 0.3) is 0 Å². The van der Waals surface area contributed by atoms with E-state index in [0.29, 0.717) is 6.54 Å². The van der Waals surface area contributed by atoms with Crippen LogP contribution in [0.15, 0.2) is 24.3 Å². The molecule has 2 rings (SSSR count). The summed E-state index contributed by atoms with van der Waals surface area (Å²) in [4.78, 5) is 2.19. The van der Waals surface area contributed by atoms with E-state index in [2.05, 4.69) is 16.6 Å². The van der Waals surface area contributed by atoms with Crippen LogP contribution in [0.2, 0.25) is 0 Å². The second kappa shape index (κ2) is 5.61. The lowest BCUT2D eigenvalue weighted by Gasteiger charge is -2.48. The van der Waals surface area contributed by atoms with Gasteiger partial charge in [0.2, 0.25) is 0 Å². The first-order chi connectivity index (χ1) is 9.30. The van der Waals surface area contributed by atoms with E-state index in [1.54, 1.807) is 12.1 Å². The Balaban J connectivity index is 1.84. The summed E-state index contributed by atoms with van der Waals surface area (Å²) in [5.41, 5.74) is 7.03. The molecule has 1 fully saturated rings. The first-order valence-electron chi connectivity index (χ1n) is 6.66. The number of rotatable bonds is 5. The van der Waals surface area contributed by atoms with E-state index in [-0.39, 0.29) is 11.3 Å². The molecule has 1 aliphatic heterocycles. The summed E-state index contributed by atoms with van der Waals surface area (Å²) in [6, 6.07) is 5.98. The number of hydrogen-bond acceptors (Lipinski definition) is 3. The Hall–Kier alpha value is -1.27. The lowest BCUT2D eigenvalue weighted by atomic mass is 9.86. The summed E-state index contributed by atoms with van der Waals surface area (Å²) < 4.78 is 39.9. The normalized spacial score (nSPS) is 18.6. The Labute approximate surface area is 116 Å². The van der Waals surface area contributed by atoms with Crippen molar-refractivity contribution in [2.24, 2.45) is 5.73 Å². The fraction of sp³-hybridized carbons (Fsp3) is 0.571. The molecule has 0 amide bonds. The van der Waals surface area contributed by atoms with Gasteiger partial charge in [-0.05, 0) is 24.1 Å². The third-order valence-electron chi connectivity index (χ3n) is 3.39. The van der Waals surface area contributed by atoms with Gasteiger partial charge in [-0.25, -0.2) is 0 Å². The van der Waals surface area contributed by atoms with Crippen LogP contribution in [-0.4, -0.2) is 29.9 Å². The number of ether oxygens (including phenoxy) is 1. The lowest BCUT2D eigenvalue weighted by Crippen LogP contribution is -2.66. The summed E-state index contributed by atoms with van der Waals surface area (Å²) in [5.74, 6) is -0.191. The molecule has 1 aromatic rings. The third-order valence-corrected chi connectivity index (χ3v) is 3.39. The Bertz CT molecular complexity index is 439. The molecule has 2 N–H and O–H groups in total. The number of benzene rings is 1. The zero-order valence-corrected chi connectivity index (χ0v) is 11.4. The van der Waals surface area contributed by atoms with Crippen molar-refractivity contribution in [2.45, 2.75) is 38.2 Å². The average molecular weight is 288 g/mol. The molecule has 112 valence electrons. The van der Waals surface area contributed by atoms with Crippen molar-refractivity contribution in [3.8, 4) is 5.75 Å². The van der Waals surface area contributed by atoms with Gasteiger partial charge in [0.1, 0.15) is 5.75 Å². The maximum atomic E-state index is 12.0. The summed E-state index contributed by atoms with van der Waals surface area (Å²) >= 11 is 0. The van der Waals surface area contributed by atoms with Gasteiger partial charge in [-0.15, -0.1) is 13.2 Å². The monoisotopic (exact) mass is 288 g/mol. The van der Waals surface area contributed by atoms with Crippen LogP contribution in [0.3, 0.4) is 0 Å². The Kier molecular flexibility index (Phi) is 4.25. The maximum Gasteiger partial charge on any atom is 0.573 e. The Morgan fingerprint density at radius 3 is 2.35 bits per heavy atom. The van der Waals surface area contributed by atoms with E-state index < -0.39 is 6.36 Å². The summed E-state index contributed by atoms with van der Waals surface area (Å²) in [6.45, 7) is 4.48. The van der Waals surface area contributed by atoms with Crippen molar-refractivity contribution in [1.82, 2.24) is 4.90 Å². The number of nitrogens with zero attached hydrogens (tertiary/aromatic N) is 1. The topological polar surface area (TPSA) is 38.5 Å². The van der Waals surface area contributed by atoms with Crippen molar-refractivity contribution in [3.05, 3.63) is 29.8 Å². The molecule has 0 saturated carbocycles. The molecule has 1 aliphatic rings. The van der Waals surface area contributed by atoms with Gasteiger partial charge in [0, 0.05) is 25.2 Å². The maximum absolute atomic E-state index is 12.0. The molecule has 0 radical (unpaired) electrons. The molecular weight excluding hydrogens is 269 g/mol. The molecule has 1 heterocycles. The second-order valence-electron chi connectivity index (χ2n) is 5.45. The highest BCUT2D eigenvalue weighted by atomic mass is 19.4. The molecule has 1 aromatic carbocycles. The van der Waals surface area contributed by atoms with Crippen molar-refractivity contribution in [2.75, 3.05) is 13.1 Å². The van der Waals surface area contributed by atoms with Crippen LogP contribution < -0.4 is 10.5 Å². The van der Waals surface area contributed by atoms with Crippen LogP contribution in [0.4, 0.5) is 13.2 Å². The molecule has 0 unspecified atom stereocenters. The molecule has 3 nitrogen and oxygen atoms in total. The average Bonchev–Trinajstić information content (AvgIpc) is 2.28. The smallest absolute Gasteiger partial charge is 0.406 e. The Morgan fingerprint density at radius 1 is 1.25 bits per heavy atom. The van der Waals surface area contributed by atoms with Gasteiger partial charge in [-0.1, -0.05) is 25.5 Å². The second-order valence-corrected chi connectivity index (χ2v) is 5.45. The number of likely N-dealkylation sites (tertiary alicyclic amines) is 1. The van der Waals surface area contributed by atoms with E-state index in [4.69, 9.17) is 5.73 Å². The molecular formula is C14H19F3N2O. The van der Waals surface area contributed by atoms with Gasteiger partial charge in [-0.3, -0.25) is 4.90 Å². The van der Waals surface area contributed by atoms with Gasteiger partial charge in [0.25, 0.3) is 0 Å². The molecule has 1 saturated heterocycles. The Morgan fingerprint density at radius 2 is 1.85 bits per heavy atom. The fourth-order valence-electron chi connectivity index (χ4n) is 2.67. The quantitative estimate of drug-likeness (QED) is 0.905. The van der Waals surface area contributed by atoms with Gasteiger partial charge in [-0.2, -0.15) is 0 Å². The van der Waals surface area contributed by atoms with Crippen LogP contribution in [0, 0.1) is 0 Å². The molecule has 0 bridgehead atoms.